The van der Waals surface area contributed by atoms with Crippen molar-refractivity contribution in [1.29, 1.82) is 0 Å². The average Bonchev–Trinajstić information content (AvgIpc) is 3.95. The van der Waals surface area contributed by atoms with Crippen molar-refractivity contribution in [1.82, 2.24) is 13.8 Å². The van der Waals surface area contributed by atoms with Gasteiger partial charge >= 0.3 is 0 Å². The van der Waals surface area contributed by atoms with Crippen molar-refractivity contribution in [2.24, 2.45) is 0 Å². The number of hydrogen-bond acceptors (Lipinski definition) is 2. The molecule has 4 nitrogen and oxygen atoms in total. The van der Waals surface area contributed by atoms with Gasteiger partial charge in [-0.05, 0) is 117 Å². The van der Waals surface area contributed by atoms with Crippen LogP contribution in [-0.4, -0.2) is 13.8 Å². The number of anilines is 3. The Morgan fingerprint density at radius 2 is 0.951 bits per heavy atom. The summed E-state index contributed by atoms with van der Waals surface area (Å²) in [7, 11) is 0. The highest BCUT2D eigenvalue weighted by atomic mass is 15.2. The van der Waals surface area contributed by atoms with Crippen LogP contribution in [-0.2, 0) is 16.2 Å². The van der Waals surface area contributed by atoms with E-state index in [4.69, 9.17) is 4.98 Å². The molecule has 0 radical (unpaired) electrons. The zero-order valence-electron chi connectivity index (χ0n) is 36.6. The van der Waals surface area contributed by atoms with E-state index in [9.17, 15) is 0 Å². The first-order valence-corrected chi connectivity index (χ1v) is 21.8. The lowest BCUT2D eigenvalue weighted by Crippen LogP contribution is -2.11. The molecule has 12 aromatic rings. The van der Waals surface area contributed by atoms with Gasteiger partial charge in [-0.1, -0.05) is 129 Å². The summed E-state index contributed by atoms with van der Waals surface area (Å²) in [4.78, 5) is 8.33. The van der Waals surface area contributed by atoms with Crippen LogP contribution in [0.4, 0.5) is 17.1 Å². The van der Waals surface area contributed by atoms with Crippen molar-refractivity contribution in [3.63, 3.8) is 0 Å². The molecule has 61 heavy (non-hydrogen) atoms. The van der Waals surface area contributed by atoms with E-state index in [0.29, 0.717) is 0 Å². The lowest BCUT2D eigenvalue weighted by atomic mass is 9.84. The molecule has 0 saturated carbocycles. The third-order valence-electron chi connectivity index (χ3n) is 13.5. The Kier molecular flexibility index (Phi) is 7.13. The number of aromatic nitrogens is 3. The van der Waals surface area contributed by atoms with Crippen LogP contribution >= 0.6 is 0 Å². The summed E-state index contributed by atoms with van der Waals surface area (Å²) in [5.74, 6) is 0. The Hall–Kier alpha value is -6.65. The molecule has 0 aliphatic heterocycles. The Bertz CT molecular complexity index is 3690. The zero-order chi connectivity index (χ0) is 41.9. The monoisotopic (exact) mass is 790 g/mol. The van der Waals surface area contributed by atoms with Gasteiger partial charge in [0.1, 0.15) is 5.65 Å². The number of hydrogen-bond donors (Lipinski definition) is 0. The third kappa shape index (κ3) is 5.02. The lowest BCUT2D eigenvalue weighted by molar-refractivity contribution is 0.590. The van der Waals surface area contributed by atoms with Crippen molar-refractivity contribution in [2.45, 2.75) is 78.6 Å². The van der Waals surface area contributed by atoms with Gasteiger partial charge in [0.2, 0.25) is 0 Å². The summed E-state index contributed by atoms with van der Waals surface area (Å²) >= 11 is 0. The van der Waals surface area contributed by atoms with E-state index in [1.54, 1.807) is 0 Å². The van der Waals surface area contributed by atoms with Crippen LogP contribution in [0.25, 0.3) is 87.2 Å². The van der Waals surface area contributed by atoms with Gasteiger partial charge in [0.05, 0.1) is 38.8 Å². The van der Waals surface area contributed by atoms with E-state index in [1.807, 2.05) is 0 Å². The minimum absolute atomic E-state index is 0.0364. The molecule has 0 amide bonds. The number of nitrogens with zero attached hydrogens (tertiary/aromatic N) is 4. The fourth-order valence-corrected chi connectivity index (χ4v) is 10.3. The highest BCUT2D eigenvalue weighted by molar-refractivity contribution is 6.32. The highest BCUT2D eigenvalue weighted by Gasteiger charge is 2.30. The summed E-state index contributed by atoms with van der Waals surface area (Å²) in [6.45, 7) is 20.9. The van der Waals surface area contributed by atoms with Gasteiger partial charge in [-0.15, -0.1) is 0 Å². The lowest BCUT2D eigenvalue weighted by Gasteiger charge is -2.27. The smallest absolute Gasteiger partial charge is 0.146 e. The first-order chi connectivity index (χ1) is 29.2. The molecule has 0 fully saturated rings. The fourth-order valence-electron chi connectivity index (χ4n) is 10.3. The molecule has 0 N–H and O–H groups in total. The maximum absolute atomic E-state index is 5.88. The molecule has 0 aliphatic rings. The molecular formula is C57H50N4. The summed E-state index contributed by atoms with van der Waals surface area (Å²) < 4.78 is 5.04. The number of rotatable bonds is 3. The normalized spacial score (nSPS) is 13.3. The van der Waals surface area contributed by atoms with E-state index in [1.165, 1.54) is 87.2 Å². The highest BCUT2D eigenvalue weighted by Crippen LogP contribution is 2.51. The molecule has 0 atom stereocenters. The van der Waals surface area contributed by atoms with E-state index in [-0.39, 0.29) is 16.2 Å². The maximum Gasteiger partial charge on any atom is 0.146 e. The van der Waals surface area contributed by atoms with Crippen LogP contribution in [0.1, 0.15) is 79.0 Å². The minimum atomic E-state index is -0.0841. The van der Waals surface area contributed by atoms with Crippen LogP contribution in [0, 0.1) is 0 Å². The van der Waals surface area contributed by atoms with Crippen LogP contribution in [0.15, 0.2) is 140 Å². The van der Waals surface area contributed by atoms with Crippen LogP contribution in [0.5, 0.6) is 0 Å². The second kappa shape index (κ2) is 12.0. The van der Waals surface area contributed by atoms with Gasteiger partial charge in [0.25, 0.3) is 0 Å². The first kappa shape index (κ1) is 36.2. The molecule has 5 heterocycles. The van der Waals surface area contributed by atoms with E-state index >= 15 is 0 Å². The minimum Gasteiger partial charge on any atom is -0.308 e. The third-order valence-corrected chi connectivity index (χ3v) is 13.5. The van der Waals surface area contributed by atoms with Gasteiger partial charge in [-0.2, -0.15) is 0 Å². The predicted molar refractivity (Wildman–Crippen MR) is 262 cm³/mol. The Labute approximate surface area is 356 Å². The molecular weight excluding hydrogens is 741 g/mol. The van der Waals surface area contributed by atoms with Gasteiger partial charge in [-0.3, -0.25) is 4.40 Å². The molecule has 0 spiro atoms. The number of fused-ring (bicyclic) bond motifs is 14. The van der Waals surface area contributed by atoms with Crippen LogP contribution in [0.2, 0.25) is 0 Å². The molecule has 7 aromatic carbocycles. The Morgan fingerprint density at radius 3 is 1.59 bits per heavy atom. The van der Waals surface area contributed by atoms with E-state index in [2.05, 4.69) is 216 Å². The van der Waals surface area contributed by atoms with Gasteiger partial charge in [0, 0.05) is 49.1 Å². The number of pyridine rings is 1. The van der Waals surface area contributed by atoms with Gasteiger partial charge in [-0.25, -0.2) is 4.98 Å². The predicted octanol–water partition coefficient (Wildman–Crippen LogP) is 15.9. The van der Waals surface area contributed by atoms with E-state index in [0.717, 1.165) is 33.7 Å². The quantitative estimate of drug-likeness (QED) is 0.178. The first-order valence-electron chi connectivity index (χ1n) is 21.8. The van der Waals surface area contributed by atoms with Gasteiger partial charge in [0.15, 0.2) is 0 Å². The molecule has 0 aliphatic carbocycles. The Balaban J connectivity index is 1.32. The molecule has 4 heteroatoms. The molecule has 5 aromatic heterocycles. The molecule has 0 bridgehead atoms. The Morgan fingerprint density at radius 1 is 0.410 bits per heavy atom. The van der Waals surface area contributed by atoms with Crippen molar-refractivity contribution in [2.75, 3.05) is 4.90 Å². The summed E-state index contributed by atoms with van der Waals surface area (Å²) in [5.41, 5.74) is 15.4. The van der Waals surface area contributed by atoms with Crippen LogP contribution < -0.4 is 4.90 Å². The SMILES string of the molecule is CC(C)(C)c1ccc2c(c1)c1cc(C(C)(C)C)cc3c4cc5c(nc4n2c13)c1cc(C(C)(C)C)cc2c3c4ccccc4cc(N(c4ccccc4)c4ccccc4)c3n5c12. The maximum atomic E-state index is 5.88. The fraction of sp³-hybridized carbons (Fsp3) is 0.211. The second-order valence-electron chi connectivity index (χ2n) is 20.6. The largest absolute Gasteiger partial charge is 0.308 e. The standard InChI is InChI=1S/C57H50N4/c1-55(2,3)34-24-25-46-40(27-34)41-28-35(56(4,5)6)29-42-43-32-47-50(58-54(43)61(46)51(41)42)45-31-36(57(7,8)9)30-44-49-39-23-17-16-18-33(39)26-48(53(49)60(47)52(44)45)59(37-19-12-10-13-20-37)38-21-14-11-15-22-38/h10-32H,1-9H3. The zero-order valence-corrected chi connectivity index (χ0v) is 36.6. The second-order valence-corrected chi connectivity index (χ2v) is 20.6. The average molecular weight is 791 g/mol. The summed E-state index contributed by atoms with van der Waals surface area (Å²) in [6, 6.07) is 52.4. The van der Waals surface area contributed by atoms with Crippen LogP contribution in [0.3, 0.4) is 0 Å². The molecule has 0 saturated heterocycles. The summed E-state index contributed by atoms with van der Waals surface area (Å²) in [5, 5.41) is 11.3. The van der Waals surface area contributed by atoms with Crippen molar-refractivity contribution >= 4 is 104 Å². The molecule has 12 rings (SSSR count). The van der Waals surface area contributed by atoms with E-state index < -0.39 is 0 Å². The number of para-hydroxylation sites is 2. The summed E-state index contributed by atoms with van der Waals surface area (Å²) in [6.07, 6.45) is 0. The van der Waals surface area contributed by atoms with Crippen molar-refractivity contribution < 1.29 is 0 Å². The van der Waals surface area contributed by atoms with Crippen molar-refractivity contribution in [3.05, 3.63) is 156 Å². The topological polar surface area (TPSA) is 24.9 Å². The molecule has 0 unspecified atom stereocenters. The number of benzene rings is 7. The van der Waals surface area contributed by atoms with Crippen molar-refractivity contribution in [3.8, 4) is 0 Å². The van der Waals surface area contributed by atoms with Gasteiger partial charge < -0.3 is 9.30 Å². The molecule has 298 valence electrons.